The third-order valence-corrected chi connectivity index (χ3v) is 1.25. The number of esters is 1. The zero-order valence-electron chi connectivity index (χ0n) is 6.91. The lowest BCUT2D eigenvalue weighted by Gasteiger charge is -2.00. The Balaban J connectivity index is 2.54. The van der Waals surface area contributed by atoms with Crippen molar-refractivity contribution in [3.8, 4) is 0 Å². The molecule has 0 spiro atoms. The van der Waals surface area contributed by atoms with Gasteiger partial charge in [-0.25, -0.2) is 9.78 Å². The molecule has 0 fully saturated rings. The van der Waals surface area contributed by atoms with Crippen molar-refractivity contribution in [2.45, 2.75) is 13.3 Å². The van der Waals surface area contributed by atoms with Crippen LogP contribution in [0.3, 0.4) is 0 Å². The molecule has 12 heavy (non-hydrogen) atoms. The number of aromatic nitrogens is 1. The monoisotopic (exact) mass is 164 g/mol. The number of nitrogens with zero attached hydrogens (tertiary/aromatic N) is 1. The minimum Gasteiger partial charge on any atom is -0.461 e. The standard InChI is InChI=1S/C9H10NO2/c1-2-7-12-9(11)8-5-3-4-6-10-8/h4-6H,2,7H2,1H3. The highest BCUT2D eigenvalue weighted by Crippen LogP contribution is 1.96. The van der Waals surface area contributed by atoms with Gasteiger partial charge in [0.2, 0.25) is 0 Å². The molecule has 3 heteroatoms. The van der Waals surface area contributed by atoms with Gasteiger partial charge in [0.25, 0.3) is 0 Å². The first-order valence-electron chi connectivity index (χ1n) is 3.84. The molecule has 1 radical (unpaired) electrons. The molecule has 0 atom stereocenters. The van der Waals surface area contributed by atoms with Crippen molar-refractivity contribution in [3.05, 3.63) is 30.1 Å². The predicted octanol–water partition coefficient (Wildman–Crippen LogP) is 1.45. The first-order chi connectivity index (χ1) is 5.84. The fourth-order valence-corrected chi connectivity index (χ4v) is 0.705. The lowest BCUT2D eigenvalue weighted by atomic mass is 10.3. The van der Waals surface area contributed by atoms with Crippen molar-refractivity contribution in [1.29, 1.82) is 0 Å². The van der Waals surface area contributed by atoms with Gasteiger partial charge in [-0.2, -0.15) is 0 Å². The Labute approximate surface area is 71.4 Å². The molecule has 0 saturated heterocycles. The quantitative estimate of drug-likeness (QED) is 0.635. The van der Waals surface area contributed by atoms with Gasteiger partial charge in [-0.05, 0) is 24.6 Å². The molecule has 0 bridgehead atoms. The first-order valence-corrected chi connectivity index (χ1v) is 3.84. The van der Waals surface area contributed by atoms with Crippen LogP contribution in [0.15, 0.2) is 18.3 Å². The Morgan fingerprint density at radius 3 is 3.17 bits per heavy atom. The molecule has 0 aromatic carbocycles. The lowest BCUT2D eigenvalue weighted by Crippen LogP contribution is -2.07. The second-order valence-electron chi connectivity index (χ2n) is 2.28. The molecule has 0 aliphatic rings. The lowest BCUT2D eigenvalue weighted by molar-refractivity contribution is 0.0498. The third kappa shape index (κ3) is 2.34. The van der Waals surface area contributed by atoms with Crippen molar-refractivity contribution in [3.63, 3.8) is 0 Å². The minimum atomic E-state index is -0.381. The fourth-order valence-electron chi connectivity index (χ4n) is 0.705. The van der Waals surface area contributed by atoms with Gasteiger partial charge < -0.3 is 4.74 Å². The molecule has 1 rings (SSSR count). The van der Waals surface area contributed by atoms with Crippen LogP contribution in [0.4, 0.5) is 0 Å². The van der Waals surface area contributed by atoms with E-state index in [0.29, 0.717) is 12.3 Å². The van der Waals surface area contributed by atoms with E-state index in [4.69, 9.17) is 4.74 Å². The molecule has 0 saturated carbocycles. The van der Waals surface area contributed by atoms with Crippen LogP contribution in [0.5, 0.6) is 0 Å². The molecular weight excluding hydrogens is 154 g/mol. The molecular formula is C9H10NO2. The Bertz CT molecular complexity index is 246. The molecule has 0 N–H and O–H groups in total. The van der Waals surface area contributed by atoms with Crippen molar-refractivity contribution in [2.75, 3.05) is 6.61 Å². The Morgan fingerprint density at radius 2 is 2.58 bits per heavy atom. The molecule has 1 aromatic heterocycles. The molecule has 63 valence electrons. The largest absolute Gasteiger partial charge is 0.461 e. The highest BCUT2D eigenvalue weighted by Gasteiger charge is 2.05. The maximum Gasteiger partial charge on any atom is 0.356 e. The van der Waals surface area contributed by atoms with E-state index in [-0.39, 0.29) is 5.97 Å². The van der Waals surface area contributed by atoms with Crippen molar-refractivity contribution < 1.29 is 9.53 Å². The van der Waals surface area contributed by atoms with Crippen LogP contribution >= 0.6 is 0 Å². The molecule has 1 heterocycles. The highest BCUT2D eigenvalue weighted by atomic mass is 16.5. The second-order valence-corrected chi connectivity index (χ2v) is 2.28. The summed E-state index contributed by atoms with van der Waals surface area (Å²) in [6.45, 7) is 2.38. The predicted molar refractivity (Wildman–Crippen MR) is 43.6 cm³/mol. The van der Waals surface area contributed by atoms with Crippen LogP contribution < -0.4 is 0 Å². The van der Waals surface area contributed by atoms with Gasteiger partial charge in [0.15, 0.2) is 0 Å². The highest BCUT2D eigenvalue weighted by molar-refractivity contribution is 5.86. The summed E-state index contributed by atoms with van der Waals surface area (Å²) in [7, 11) is 0. The smallest absolute Gasteiger partial charge is 0.356 e. The van der Waals surface area contributed by atoms with Crippen molar-refractivity contribution in [1.82, 2.24) is 4.98 Å². The normalized spacial score (nSPS) is 9.42. The van der Waals surface area contributed by atoms with Gasteiger partial charge in [-0.3, -0.25) is 0 Å². The van der Waals surface area contributed by atoms with E-state index in [2.05, 4.69) is 11.1 Å². The maximum atomic E-state index is 11.1. The van der Waals surface area contributed by atoms with E-state index < -0.39 is 0 Å². The van der Waals surface area contributed by atoms with Crippen LogP contribution in [-0.4, -0.2) is 17.6 Å². The van der Waals surface area contributed by atoms with Gasteiger partial charge in [0.05, 0.1) is 6.61 Å². The summed E-state index contributed by atoms with van der Waals surface area (Å²) in [6, 6.07) is 5.90. The summed E-state index contributed by atoms with van der Waals surface area (Å²) in [5.41, 5.74) is 0.311. The third-order valence-electron chi connectivity index (χ3n) is 1.25. The summed E-state index contributed by atoms with van der Waals surface area (Å²) in [4.78, 5) is 14.9. The number of pyridine rings is 1. The van der Waals surface area contributed by atoms with Crippen LogP contribution in [0, 0.1) is 6.07 Å². The van der Waals surface area contributed by atoms with Gasteiger partial charge in [-0.15, -0.1) is 0 Å². The van der Waals surface area contributed by atoms with Crippen LogP contribution in [0.25, 0.3) is 0 Å². The maximum absolute atomic E-state index is 11.1. The molecule has 1 aromatic rings. The molecule has 0 aliphatic heterocycles. The van der Waals surface area contributed by atoms with Gasteiger partial charge >= 0.3 is 5.97 Å². The zero-order valence-corrected chi connectivity index (χ0v) is 6.91. The van der Waals surface area contributed by atoms with E-state index >= 15 is 0 Å². The molecule has 3 nitrogen and oxygen atoms in total. The zero-order chi connectivity index (χ0) is 8.81. The summed E-state index contributed by atoms with van der Waals surface area (Å²) in [6.07, 6.45) is 2.34. The number of carbonyl (C=O) groups is 1. The van der Waals surface area contributed by atoms with Crippen LogP contribution in [0.1, 0.15) is 23.8 Å². The summed E-state index contributed by atoms with van der Waals surface area (Å²) in [5.74, 6) is -0.381. The Kier molecular flexibility index (Phi) is 3.26. The molecule has 0 unspecified atom stereocenters. The molecule has 0 aliphatic carbocycles. The topological polar surface area (TPSA) is 39.2 Å². The fraction of sp³-hybridized carbons (Fsp3) is 0.333. The van der Waals surface area contributed by atoms with Gasteiger partial charge in [0, 0.05) is 6.20 Å². The minimum absolute atomic E-state index is 0.311. The summed E-state index contributed by atoms with van der Waals surface area (Å²) < 4.78 is 4.86. The van der Waals surface area contributed by atoms with E-state index in [1.165, 1.54) is 12.3 Å². The van der Waals surface area contributed by atoms with Crippen molar-refractivity contribution in [2.24, 2.45) is 0 Å². The van der Waals surface area contributed by atoms with E-state index in [1.54, 1.807) is 6.07 Å². The number of carbonyl (C=O) groups excluding carboxylic acids is 1. The van der Waals surface area contributed by atoms with E-state index in [9.17, 15) is 4.79 Å². The number of ether oxygens (including phenoxy) is 1. The average Bonchev–Trinajstić information content (AvgIpc) is 2.15. The average molecular weight is 164 g/mol. The number of rotatable bonds is 3. The Hall–Kier alpha value is -1.38. The van der Waals surface area contributed by atoms with Gasteiger partial charge in [0.1, 0.15) is 5.69 Å². The first kappa shape index (κ1) is 8.71. The SMILES string of the molecule is CCCOC(=O)c1c[c]ccn1. The van der Waals surface area contributed by atoms with Crippen molar-refractivity contribution >= 4 is 5.97 Å². The second kappa shape index (κ2) is 4.49. The number of hydrogen-bond donors (Lipinski definition) is 0. The van der Waals surface area contributed by atoms with Gasteiger partial charge in [-0.1, -0.05) is 6.92 Å². The summed E-state index contributed by atoms with van der Waals surface area (Å²) >= 11 is 0. The molecule has 0 amide bonds. The number of hydrogen-bond acceptors (Lipinski definition) is 3. The van der Waals surface area contributed by atoms with E-state index in [1.807, 2.05) is 6.92 Å². The summed E-state index contributed by atoms with van der Waals surface area (Å²) in [5, 5.41) is 0. The van der Waals surface area contributed by atoms with Crippen LogP contribution in [0.2, 0.25) is 0 Å². The van der Waals surface area contributed by atoms with Crippen LogP contribution in [-0.2, 0) is 4.74 Å². The Morgan fingerprint density at radius 1 is 1.75 bits per heavy atom. The van der Waals surface area contributed by atoms with E-state index in [0.717, 1.165) is 6.42 Å².